The van der Waals surface area contributed by atoms with Crippen molar-refractivity contribution in [2.24, 2.45) is 0 Å². The second-order valence-electron chi connectivity index (χ2n) is 3.78. The number of carbonyl (C=O) groups is 1. The number of para-hydroxylation sites is 1. The third kappa shape index (κ3) is 5.68. The lowest BCUT2D eigenvalue weighted by Gasteiger charge is -2.24. The van der Waals surface area contributed by atoms with E-state index >= 15 is 0 Å². The van der Waals surface area contributed by atoms with Gasteiger partial charge in [-0.15, -0.1) is 5.06 Å². The van der Waals surface area contributed by atoms with Gasteiger partial charge in [0, 0.05) is 0 Å². The highest BCUT2D eigenvalue weighted by Crippen LogP contribution is 2.35. The number of nitrogens with zero attached hydrogens (tertiary/aromatic N) is 1. The quantitative estimate of drug-likeness (QED) is 0.293. The summed E-state index contributed by atoms with van der Waals surface area (Å²) < 4.78 is 20.8. The topological polar surface area (TPSA) is 117 Å². The Balaban J connectivity index is 2.85. The van der Waals surface area contributed by atoms with Crippen LogP contribution >= 0.6 is 7.60 Å². The van der Waals surface area contributed by atoms with Gasteiger partial charge in [0.2, 0.25) is 0 Å². The molecule has 1 aromatic carbocycles. The van der Waals surface area contributed by atoms with Crippen LogP contribution in [0.25, 0.3) is 0 Å². The molecule has 0 aromatic heterocycles. The van der Waals surface area contributed by atoms with Crippen LogP contribution in [-0.4, -0.2) is 45.1 Å². The Bertz CT molecular complexity index is 475. The Morgan fingerprint density at radius 2 is 1.95 bits per heavy atom. The van der Waals surface area contributed by atoms with E-state index in [0.717, 1.165) is 0 Å². The number of hydrogen-bond acceptors (Lipinski definition) is 6. The summed E-state index contributed by atoms with van der Waals surface area (Å²) in [7, 11) is -4.55. The molecule has 0 saturated heterocycles. The Morgan fingerprint density at radius 1 is 1.35 bits per heavy atom. The molecule has 1 atom stereocenters. The SMILES string of the molecule is CCOC(=O)C(Oc1ccccc1)N(O)CP(=O)(O)O. The fourth-order valence-electron chi connectivity index (χ4n) is 1.34. The van der Waals surface area contributed by atoms with Crippen LogP contribution in [0.4, 0.5) is 0 Å². The maximum Gasteiger partial charge on any atom is 0.365 e. The van der Waals surface area contributed by atoms with E-state index in [0.29, 0.717) is 0 Å². The van der Waals surface area contributed by atoms with Crippen molar-refractivity contribution in [1.29, 1.82) is 0 Å². The molecule has 0 saturated carbocycles. The predicted octanol–water partition coefficient (Wildman–Crippen LogP) is 0.781. The predicted molar refractivity (Wildman–Crippen MR) is 68.0 cm³/mol. The van der Waals surface area contributed by atoms with E-state index < -0.39 is 26.1 Å². The molecule has 0 fully saturated rings. The lowest BCUT2D eigenvalue weighted by molar-refractivity contribution is -0.202. The number of esters is 1. The minimum absolute atomic E-state index is 0.0389. The van der Waals surface area contributed by atoms with Crippen LogP contribution in [0, 0.1) is 0 Å². The third-order valence-corrected chi connectivity index (χ3v) is 2.74. The molecule has 0 radical (unpaired) electrons. The first-order valence-electron chi connectivity index (χ1n) is 5.72. The first-order valence-corrected chi connectivity index (χ1v) is 7.51. The van der Waals surface area contributed by atoms with Gasteiger partial charge in [-0.1, -0.05) is 18.2 Å². The molecule has 0 aliphatic rings. The lowest BCUT2D eigenvalue weighted by atomic mass is 10.3. The van der Waals surface area contributed by atoms with Gasteiger partial charge < -0.3 is 24.5 Å². The van der Waals surface area contributed by atoms with Crippen LogP contribution < -0.4 is 4.74 Å². The molecule has 3 N–H and O–H groups in total. The summed E-state index contributed by atoms with van der Waals surface area (Å²) >= 11 is 0. The normalized spacial score (nSPS) is 13.1. The van der Waals surface area contributed by atoms with Gasteiger partial charge in [0.05, 0.1) is 6.61 Å². The monoisotopic (exact) mass is 305 g/mol. The molecule has 20 heavy (non-hydrogen) atoms. The average molecular weight is 305 g/mol. The summed E-state index contributed by atoms with van der Waals surface area (Å²) in [4.78, 5) is 29.3. The zero-order valence-corrected chi connectivity index (χ0v) is 11.6. The van der Waals surface area contributed by atoms with E-state index in [-0.39, 0.29) is 17.4 Å². The number of rotatable bonds is 7. The van der Waals surface area contributed by atoms with Crippen molar-refractivity contribution in [2.75, 3.05) is 12.9 Å². The van der Waals surface area contributed by atoms with E-state index in [1.807, 2.05) is 0 Å². The van der Waals surface area contributed by atoms with E-state index in [2.05, 4.69) is 0 Å². The van der Waals surface area contributed by atoms with E-state index in [4.69, 9.17) is 19.3 Å². The highest BCUT2D eigenvalue weighted by Gasteiger charge is 2.33. The van der Waals surface area contributed by atoms with Crippen molar-refractivity contribution in [3.05, 3.63) is 30.3 Å². The summed E-state index contributed by atoms with van der Waals surface area (Å²) in [5, 5.41) is 9.74. The smallest absolute Gasteiger partial charge is 0.365 e. The minimum atomic E-state index is -4.55. The molecule has 9 heteroatoms. The minimum Gasteiger partial charge on any atom is -0.462 e. The largest absolute Gasteiger partial charge is 0.462 e. The van der Waals surface area contributed by atoms with Crippen molar-refractivity contribution in [3.63, 3.8) is 0 Å². The Labute approximate surface area is 115 Å². The van der Waals surface area contributed by atoms with Crippen LogP contribution in [0.5, 0.6) is 5.75 Å². The Kier molecular flexibility index (Phi) is 6.12. The number of carbonyl (C=O) groups excluding carboxylic acids is 1. The maximum atomic E-state index is 11.7. The van der Waals surface area contributed by atoms with Gasteiger partial charge in [0.15, 0.2) is 0 Å². The zero-order valence-electron chi connectivity index (χ0n) is 10.7. The molecule has 112 valence electrons. The lowest BCUT2D eigenvalue weighted by Crippen LogP contribution is -2.44. The van der Waals surface area contributed by atoms with Crippen molar-refractivity contribution >= 4 is 13.6 Å². The van der Waals surface area contributed by atoms with Gasteiger partial charge >= 0.3 is 13.6 Å². The van der Waals surface area contributed by atoms with Gasteiger partial charge in [-0.3, -0.25) is 4.57 Å². The molecular formula is C11H16NO7P. The molecule has 0 aliphatic heterocycles. The summed E-state index contributed by atoms with van der Waals surface area (Å²) in [6.45, 7) is 1.60. The molecule has 0 bridgehead atoms. The molecule has 0 amide bonds. The molecular weight excluding hydrogens is 289 g/mol. The van der Waals surface area contributed by atoms with E-state index in [1.54, 1.807) is 25.1 Å². The molecule has 8 nitrogen and oxygen atoms in total. The number of hydrogen-bond donors (Lipinski definition) is 3. The van der Waals surface area contributed by atoms with Crippen LogP contribution in [-0.2, 0) is 14.1 Å². The summed E-state index contributed by atoms with van der Waals surface area (Å²) in [6, 6.07) is 8.05. The summed E-state index contributed by atoms with van der Waals surface area (Å²) in [5.74, 6) is -0.706. The fraction of sp³-hybridized carbons (Fsp3) is 0.364. The maximum absolute atomic E-state index is 11.7. The molecule has 0 heterocycles. The van der Waals surface area contributed by atoms with Gasteiger partial charge in [-0.05, 0) is 19.1 Å². The van der Waals surface area contributed by atoms with E-state index in [9.17, 15) is 14.6 Å². The van der Waals surface area contributed by atoms with Crippen LogP contribution in [0.2, 0.25) is 0 Å². The van der Waals surface area contributed by atoms with E-state index in [1.165, 1.54) is 12.1 Å². The fourth-order valence-corrected chi connectivity index (χ4v) is 1.86. The first kappa shape index (κ1) is 16.6. The molecule has 1 rings (SSSR count). The molecule has 1 unspecified atom stereocenters. The third-order valence-electron chi connectivity index (χ3n) is 2.08. The zero-order chi connectivity index (χ0) is 15.2. The molecule has 0 spiro atoms. The number of ether oxygens (including phenoxy) is 2. The van der Waals surface area contributed by atoms with Gasteiger partial charge in [0.25, 0.3) is 6.23 Å². The van der Waals surface area contributed by atoms with Crippen molar-refractivity contribution in [1.82, 2.24) is 5.06 Å². The van der Waals surface area contributed by atoms with Gasteiger partial charge in [-0.25, -0.2) is 4.79 Å². The van der Waals surface area contributed by atoms with Gasteiger partial charge in [0.1, 0.15) is 12.0 Å². The van der Waals surface area contributed by atoms with Crippen molar-refractivity contribution < 1.29 is 33.8 Å². The van der Waals surface area contributed by atoms with Crippen molar-refractivity contribution in [3.8, 4) is 5.75 Å². The average Bonchev–Trinajstić information content (AvgIpc) is 2.35. The Morgan fingerprint density at radius 3 is 2.45 bits per heavy atom. The Hall–Kier alpha value is -1.44. The second-order valence-corrected chi connectivity index (χ2v) is 5.39. The highest BCUT2D eigenvalue weighted by molar-refractivity contribution is 7.51. The van der Waals surface area contributed by atoms with Crippen LogP contribution in [0.3, 0.4) is 0 Å². The molecule has 1 aromatic rings. The van der Waals surface area contributed by atoms with Crippen LogP contribution in [0.1, 0.15) is 6.92 Å². The summed E-state index contributed by atoms with van der Waals surface area (Å²) in [5.41, 5.74) is 0. The molecule has 0 aliphatic carbocycles. The standard InChI is InChI=1S/C11H16NO7P/c1-2-18-11(13)10(12(14)8-20(15,16)17)19-9-6-4-3-5-7-9/h3-7,10,14H,2,8H2,1H3,(H2,15,16,17). The number of benzene rings is 1. The second kappa shape index (κ2) is 7.37. The number of hydroxylamine groups is 2. The van der Waals surface area contributed by atoms with Crippen molar-refractivity contribution in [2.45, 2.75) is 13.2 Å². The first-order chi connectivity index (χ1) is 9.33. The van der Waals surface area contributed by atoms with Gasteiger partial charge in [-0.2, -0.15) is 0 Å². The van der Waals surface area contributed by atoms with Crippen LogP contribution in [0.15, 0.2) is 30.3 Å². The summed E-state index contributed by atoms with van der Waals surface area (Å²) in [6.07, 6.45) is -2.71. The highest BCUT2D eigenvalue weighted by atomic mass is 31.2.